The van der Waals surface area contributed by atoms with Crippen LogP contribution in [-0.2, 0) is 19.1 Å². The molecule has 10 heteroatoms. The number of ether oxygens (including phenoxy) is 2. The zero-order chi connectivity index (χ0) is 14.6. The molecule has 0 saturated carbocycles. The normalized spacial score (nSPS) is 11.9. The van der Waals surface area contributed by atoms with E-state index in [0.29, 0.717) is 0 Å². The van der Waals surface area contributed by atoms with Crippen LogP contribution in [0.2, 0.25) is 0 Å². The number of rotatable bonds is 4. The van der Waals surface area contributed by atoms with Crippen molar-refractivity contribution >= 4 is 81.5 Å². The first kappa shape index (κ1) is 18.4. The standard InChI is InChI=1S/C8H6Cl6O4/c1-4(5(15)17-2-7(9,10)11)6(16)18-3-8(12,13)14/h1-3H2. The largest absolute Gasteiger partial charge is 0.457 e. The van der Waals surface area contributed by atoms with Gasteiger partial charge < -0.3 is 9.47 Å². The summed E-state index contributed by atoms with van der Waals surface area (Å²) in [5.74, 6) is -2.20. The van der Waals surface area contributed by atoms with Gasteiger partial charge in [-0.2, -0.15) is 0 Å². The zero-order valence-corrected chi connectivity index (χ0v) is 13.1. The second-order valence-corrected chi connectivity index (χ2v) is 7.89. The van der Waals surface area contributed by atoms with Gasteiger partial charge in [-0.05, 0) is 0 Å². The summed E-state index contributed by atoms with van der Waals surface area (Å²) < 4.78 is 5.39. The van der Waals surface area contributed by atoms with E-state index in [2.05, 4.69) is 16.1 Å². The fourth-order valence-corrected chi connectivity index (χ4v) is 0.880. The summed E-state index contributed by atoms with van der Waals surface area (Å²) in [6.07, 6.45) is 0. The number of esters is 2. The number of carbonyl (C=O) groups is 2. The van der Waals surface area contributed by atoms with Gasteiger partial charge in [0, 0.05) is 0 Å². The molecule has 0 amide bonds. The van der Waals surface area contributed by atoms with E-state index in [1.54, 1.807) is 0 Å². The number of alkyl halides is 6. The maximum absolute atomic E-state index is 11.3. The summed E-state index contributed by atoms with van der Waals surface area (Å²) in [5.41, 5.74) is -0.612. The van der Waals surface area contributed by atoms with Crippen LogP contribution in [0, 0.1) is 0 Å². The minimum Gasteiger partial charge on any atom is -0.457 e. The first-order chi connectivity index (χ1) is 7.92. The van der Waals surface area contributed by atoms with Crippen LogP contribution in [-0.4, -0.2) is 32.7 Å². The molecule has 0 aliphatic carbocycles. The third-order valence-electron chi connectivity index (χ3n) is 1.23. The van der Waals surface area contributed by atoms with Gasteiger partial charge in [0.05, 0.1) is 0 Å². The predicted molar refractivity (Wildman–Crippen MR) is 71.6 cm³/mol. The highest BCUT2D eigenvalue weighted by Gasteiger charge is 2.28. The molecule has 0 aromatic carbocycles. The van der Waals surface area contributed by atoms with Gasteiger partial charge in [-0.25, -0.2) is 9.59 Å². The van der Waals surface area contributed by atoms with Crippen molar-refractivity contribution in [1.29, 1.82) is 0 Å². The molecular weight excluding hydrogens is 373 g/mol. The highest BCUT2D eigenvalue weighted by molar-refractivity contribution is 6.68. The van der Waals surface area contributed by atoms with Gasteiger partial charge in [-0.3, -0.25) is 0 Å². The highest BCUT2D eigenvalue weighted by atomic mass is 35.6. The Morgan fingerprint density at radius 3 is 1.33 bits per heavy atom. The first-order valence-corrected chi connectivity index (χ1v) is 6.36. The monoisotopic (exact) mass is 376 g/mol. The molecule has 0 rings (SSSR count). The molecule has 0 aliphatic rings. The quantitative estimate of drug-likeness (QED) is 0.247. The molecule has 0 radical (unpaired) electrons. The van der Waals surface area contributed by atoms with E-state index in [9.17, 15) is 9.59 Å². The van der Waals surface area contributed by atoms with Crippen LogP contribution in [0.5, 0.6) is 0 Å². The van der Waals surface area contributed by atoms with Crippen molar-refractivity contribution < 1.29 is 19.1 Å². The summed E-state index contributed by atoms with van der Waals surface area (Å²) in [7, 11) is 0. The van der Waals surface area contributed by atoms with Crippen LogP contribution in [0.25, 0.3) is 0 Å². The van der Waals surface area contributed by atoms with E-state index in [1.807, 2.05) is 0 Å². The maximum atomic E-state index is 11.3. The second-order valence-electron chi connectivity index (χ2n) is 2.86. The molecule has 18 heavy (non-hydrogen) atoms. The number of hydrogen-bond acceptors (Lipinski definition) is 4. The van der Waals surface area contributed by atoms with Crippen molar-refractivity contribution in [3.63, 3.8) is 0 Å². The van der Waals surface area contributed by atoms with Crippen LogP contribution < -0.4 is 0 Å². The Kier molecular flexibility index (Phi) is 7.44. The van der Waals surface area contributed by atoms with Crippen LogP contribution >= 0.6 is 69.6 Å². The Labute approximate surface area is 133 Å². The third kappa shape index (κ3) is 9.36. The van der Waals surface area contributed by atoms with E-state index < -0.39 is 38.3 Å². The Morgan fingerprint density at radius 1 is 0.833 bits per heavy atom. The highest BCUT2D eigenvalue weighted by Crippen LogP contribution is 2.27. The van der Waals surface area contributed by atoms with Crippen LogP contribution in [0.4, 0.5) is 0 Å². The van der Waals surface area contributed by atoms with Crippen LogP contribution in [0.15, 0.2) is 12.2 Å². The van der Waals surface area contributed by atoms with Crippen molar-refractivity contribution in [1.82, 2.24) is 0 Å². The Bertz CT molecular complexity index is 310. The molecule has 0 fully saturated rings. The lowest BCUT2D eigenvalue weighted by atomic mass is 10.3. The molecule has 0 N–H and O–H groups in total. The van der Waals surface area contributed by atoms with Gasteiger partial charge in [0.2, 0.25) is 7.59 Å². The van der Waals surface area contributed by atoms with E-state index in [0.717, 1.165) is 0 Å². The van der Waals surface area contributed by atoms with Gasteiger partial charge >= 0.3 is 11.9 Å². The number of hydrogen-bond donors (Lipinski definition) is 0. The lowest BCUT2D eigenvalue weighted by Gasteiger charge is -2.13. The molecule has 0 aromatic heterocycles. The number of carbonyl (C=O) groups excluding carboxylic acids is 2. The Morgan fingerprint density at radius 2 is 1.11 bits per heavy atom. The van der Waals surface area contributed by atoms with Gasteiger partial charge in [-0.1, -0.05) is 76.2 Å². The molecule has 0 atom stereocenters. The summed E-state index contributed by atoms with van der Waals surface area (Å²) in [5, 5.41) is 0. The third-order valence-corrected chi connectivity index (χ3v) is 1.88. The maximum Gasteiger partial charge on any atom is 0.345 e. The molecular formula is C8H6Cl6O4. The van der Waals surface area contributed by atoms with Gasteiger partial charge in [0.25, 0.3) is 0 Å². The van der Waals surface area contributed by atoms with Crippen molar-refractivity contribution in [3.05, 3.63) is 12.2 Å². The molecule has 4 nitrogen and oxygen atoms in total. The Hall–Kier alpha value is 0.420. The molecule has 0 spiro atoms. The van der Waals surface area contributed by atoms with E-state index in [4.69, 9.17) is 69.6 Å². The topological polar surface area (TPSA) is 52.6 Å². The average Bonchev–Trinajstić information content (AvgIpc) is 2.19. The second kappa shape index (κ2) is 7.27. The fraction of sp³-hybridized carbons (Fsp3) is 0.500. The zero-order valence-electron chi connectivity index (χ0n) is 8.52. The molecule has 104 valence electrons. The summed E-state index contributed by atoms with van der Waals surface area (Å²) in [6, 6.07) is 0. The van der Waals surface area contributed by atoms with Crippen LogP contribution in [0.1, 0.15) is 0 Å². The van der Waals surface area contributed by atoms with Crippen LogP contribution in [0.3, 0.4) is 0 Å². The molecule has 0 bridgehead atoms. The smallest absolute Gasteiger partial charge is 0.345 e. The van der Waals surface area contributed by atoms with Gasteiger partial charge in [0.1, 0.15) is 18.8 Å². The summed E-state index contributed by atoms with van der Waals surface area (Å²) in [6.45, 7) is 2.05. The minimum absolute atomic E-state index is 0.548. The molecule has 0 saturated heterocycles. The fourth-order valence-electron chi connectivity index (χ4n) is 0.552. The van der Waals surface area contributed by atoms with Crippen molar-refractivity contribution in [2.24, 2.45) is 0 Å². The molecule has 0 heterocycles. The predicted octanol–water partition coefficient (Wildman–Crippen LogP) is 3.37. The van der Waals surface area contributed by atoms with Crippen molar-refractivity contribution in [2.75, 3.05) is 13.2 Å². The molecule has 0 unspecified atom stereocenters. The summed E-state index contributed by atoms with van der Waals surface area (Å²) >= 11 is 32.0. The Balaban J connectivity index is 4.22. The minimum atomic E-state index is -1.79. The summed E-state index contributed by atoms with van der Waals surface area (Å²) in [4.78, 5) is 22.5. The van der Waals surface area contributed by atoms with Gasteiger partial charge in [0.15, 0.2) is 0 Å². The van der Waals surface area contributed by atoms with E-state index >= 15 is 0 Å². The van der Waals surface area contributed by atoms with E-state index in [1.165, 1.54) is 0 Å². The molecule has 0 aromatic rings. The van der Waals surface area contributed by atoms with Crippen molar-refractivity contribution in [2.45, 2.75) is 7.59 Å². The lowest BCUT2D eigenvalue weighted by Crippen LogP contribution is -2.24. The van der Waals surface area contributed by atoms with Gasteiger partial charge in [-0.15, -0.1) is 0 Å². The molecule has 0 aliphatic heterocycles. The van der Waals surface area contributed by atoms with Crippen molar-refractivity contribution in [3.8, 4) is 0 Å². The average molecular weight is 379 g/mol. The SMILES string of the molecule is C=C(C(=O)OCC(Cl)(Cl)Cl)C(=O)OCC(Cl)(Cl)Cl. The van der Waals surface area contributed by atoms with E-state index in [-0.39, 0.29) is 0 Å². The lowest BCUT2D eigenvalue weighted by molar-refractivity contribution is -0.146. The number of halogens is 6. The first-order valence-electron chi connectivity index (χ1n) is 4.09.